The van der Waals surface area contributed by atoms with Crippen LogP contribution in [-0.2, 0) is 0 Å². The highest BCUT2D eigenvalue weighted by Gasteiger charge is 2.20. The summed E-state index contributed by atoms with van der Waals surface area (Å²) in [5, 5.41) is 5.11. The van der Waals surface area contributed by atoms with Crippen LogP contribution in [0.2, 0.25) is 0 Å². The van der Waals surface area contributed by atoms with Crippen LogP contribution in [0.1, 0.15) is 13.7 Å². The van der Waals surface area contributed by atoms with Crippen molar-refractivity contribution < 1.29 is 18.1 Å². The average molecular weight is 583 g/mol. The molecule has 0 fully saturated rings. The molecule has 0 N–H and O–H groups in total. The lowest BCUT2D eigenvalue weighted by Gasteiger charge is -2.18. The SMILES string of the molecule is [2H]c1c([2H])c([2H])c(-c2ccc(-c3c4ccccc4c(-c4cc(-c5c([2H])c([2H])c([2H])c([2H])c5[2H])c5c(c4)oc4ccccc45)c4ccccc34)cc2)c([2H])c1[2H]. The molecular formula is C44H28O. The molecule has 0 amide bonds. The van der Waals surface area contributed by atoms with Crippen molar-refractivity contribution in [2.75, 3.05) is 0 Å². The van der Waals surface area contributed by atoms with Crippen LogP contribution in [0.25, 0.3) is 88.0 Å². The molecule has 0 bridgehead atoms. The smallest absolute Gasteiger partial charge is 0.136 e. The molecule has 9 aromatic rings. The Bertz CT molecular complexity index is 2980. The number of benzene rings is 8. The lowest BCUT2D eigenvalue weighted by molar-refractivity contribution is 0.669. The molecule has 8 aromatic carbocycles. The zero-order valence-corrected chi connectivity index (χ0v) is 23.8. The van der Waals surface area contributed by atoms with Crippen LogP contribution in [0.4, 0.5) is 0 Å². The van der Waals surface area contributed by atoms with E-state index in [1.807, 2.05) is 97.1 Å². The first-order valence-corrected chi connectivity index (χ1v) is 14.6. The van der Waals surface area contributed by atoms with Crippen molar-refractivity contribution in [1.82, 2.24) is 0 Å². The van der Waals surface area contributed by atoms with Gasteiger partial charge in [-0.25, -0.2) is 0 Å². The maximum absolute atomic E-state index is 8.94. The fraction of sp³-hybridized carbons (Fsp3) is 0. The number of furan rings is 1. The van der Waals surface area contributed by atoms with Gasteiger partial charge in [0, 0.05) is 10.8 Å². The number of fused-ring (bicyclic) bond motifs is 5. The summed E-state index contributed by atoms with van der Waals surface area (Å²) in [7, 11) is 0. The molecule has 1 heteroatoms. The summed E-state index contributed by atoms with van der Waals surface area (Å²) in [6, 6.07) is 31.1. The van der Waals surface area contributed by atoms with Crippen molar-refractivity contribution in [1.29, 1.82) is 0 Å². The van der Waals surface area contributed by atoms with E-state index in [0.29, 0.717) is 27.7 Å². The lowest BCUT2D eigenvalue weighted by atomic mass is 9.84. The van der Waals surface area contributed by atoms with E-state index in [2.05, 4.69) is 0 Å². The molecule has 0 radical (unpaired) electrons. The quantitative estimate of drug-likeness (QED) is 0.188. The van der Waals surface area contributed by atoms with Crippen LogP contribution in [0.3, 0.4) is 0 Å². The maximum atomic E-state index is 8.94. The Morgan fingerprint density at radius 1 is 0.378 bits per heavy atom. The number of hydrogen-bond donors (Lipinski definition) is 0. The molecule has 0 aliphatic heterocycles. The Balaban J connectivity index is 1.33. The van der Waals surface area contributed by atoms with Crippen molar-refractivity contribution in [3.63, 3.8) is 0 Å². The van der Waals surface area contributed by atoms with Gasteiger partial charge in [0.1, 0.15) is 11.2 Å². The van der Waals surface area contributed by atoms with Gasteiger partial charge >= 0.3 is 0 Å². The normalized spacial score (nSPS) is 14.7. The van der Waals surface area contributed by atoms with Crippen LogP contribution in [0.15, 0.2) is 174 Å². The standard InChI is InChI=1S/C44H28O/c1-3-13-29(14-4-1)30-23-25-32(26-24-30)42-34-17-7-9-19-36(34)43(37-20-10-8-18-35(37)42)33-27-39(31-15-5-2-6-16-31)44-38-21-11-12-22-40(38)45-41(44)28-33/h1-28H/i1D,2D,3D,4D,5D,6D,13D,14D,15D,16D. The average Bonchev–Trinajstić information content (AvgIpc) is 3.59. The van der Waals surface area contributed by atoms with Crippen LogP contribution in [-0.4, -0.2) is 0 Å². The largest absolute Gasteiger partial charge is 0.456 e. The summed E-state index contributed by atoms with van der Waals surface area (Å²) in [6.07, 6.45) is 0. The van der Waals surface area contributed by atoms with Gasteiger partial charge in [0.2, 0.25) is 0 Å². The summed E-state index contributed by atoms with van der Waals surface area (Å²) in [5.41, 5.74) is 5.75. The van der Waals surface area contributed by atoms with E-state index < -0.39 is 24.2 Å². The van der Waals surface area contributed by atoms with Crippen LogP contribution >= 0.6 is 0 Å². The van der Waals surface area contributed by atoms with Crippen molar-refractivity contribution in [2.45, 2.75) is 0 Å². The predicted octanol–water partition coefficient (Wildman–Crippen LogP) is 12.6. The van der Waals surface area contributed by atoms with Gasteiger partial charge in [-0.3, -0.25) is 0 Å². The van der Waals surface area contributed by atoms with Gasteiger partial charge in [-0.1, -0.05) is 151 Å². The van der Waals surface area contributed by atoms with E-state index in [0.717, 1.165) is 49.2 Å². The Hall–Kier alpha value is -5.92. The number of rotatable bonds is 4. The van der Waals surface area contributed by atoms with Gasteiger partial charge < -0.3 is 4.42 Å². The Morgan fingerprint density at radius 3 is 1.47 bits per heavy atom. The molecule has 0 aliphatic carbocycles. The fourth-order valence-corrected chi connectivity index (χ4v) is 6.53. The molecule has 45 heavy (non-hydrogen) atoms. The predicted molar refractivity (Wildman–Crippen MR) is 190 cm³/mol. The Labute approximate surface area is 275 Å². The number of para-hydroxylation sites is 1. The lowest BCUT2D eigenvalue weighted by Crippen LogP contribution is -1.92. The summed E-state index contributed by atoms with van der Waals surface area (Å²) in [4.78, 5) is 0. The molecule has 1 aromatic heterocycles. The van der Waals surface area contributed by atoms with E-state index in [1.165, 1.54) is 0 Å². The monoisotopic (exact) mass is 582 g/mol. The third-order valence-corrected chi connectivity index (χ3v) is 8.43. The summed E-state index contributed by atoms with van der Waals surface area (Å²) >= 11 is 0. The van der Waals surface area contributed by atoms with Crippen molar-refractivity contribution in [2.24, 2.45) is 0 Å². The molecular weight excluding hydrogens is 544 g/mol. The zero-order chi connectivity index (χ0) is 38.4. The molecule has 210 valence electrons. The fourth-order valence-electron chi connectivity index (χ4n) is 6.53. The second-order valence-corrected chi connectivity index (χ2v) is 10.9. The minimum absolute atomic E-state index is 0.0915. The Morgan fingerprint density at radius 2 is 0.867 bits per heavy atom. The van der Waals surface area contributed by atoms with Crippen molar-refractivity contribution >= 4 is 43.5 Å². The molecule has 9 rings (SSSR count). The molecule has 0 spiro atoms. The summed E-state index contributed by atoms with van der Waals surface area (Å²) in [5.74, 6) is 0. The molecule has 1 heterocycles. The van der Waals surface area contributed by atoms with Gasteiger partial charge in [-0.05, 0) is 84.3 Å². The second kappa shape index (κ2) is 10.4. The topological polar surface area (TPSA) is 13.1 Å². The van der Waals surface area contributed by atoms with Crippen LogP contribution in [0.5, 0.6) is 0 Å². The van der Waals surface area contributed by atoms with Crippen molar-refractivity contribution in [3.05, 3.63) is 170 Å². The molecule has 0 saturated carbocycles. The van der Waals surface area contributed by atoms with E-state index in [-0.39, 0.29) is 47.4 Å². The summed E-state index contributed by atoms with van der Waals surface area (Å²) < 4.78 is 90.9. The highest BCUT2D eigenvalue weighted by Crippen LogP contribution is 2.46. The molecule has 0 aliphatic rings. The van der Waals surface area contributed by atoms with Gasteiger partial charge in [-0.2, -0.15) is 0 Å². The highest BCUT2D eigenvalue weighted by molar-refractivity contribution is 6.23. The van der Waals surface area contributed by atoms with Crippen LogP contribution in [0, 0.1) is 0 Å². The minimum Gasteiger partial charge on any atom is -0.456 e. The van der Waals surface area contributed by atoms with E-state index >= 15 is 0 Å². The summed E-state index contributed by atoms with van der Waals surface area (Å²) in [6.45, 7) is 0. The van der Waals surface area contributed by atoms with Gasteiger partial charge in [0.25, 0.3) is 0 Å². The molecule has 1 nitrogen and oxygen atoms in total. The zero-order valence-electron chi connectivity index (χ0n) is 33.8. The van der Waals surface area contributed by atoms with E-state index in [4.69, 9.17) is 18.1 Å². The van der Waals surface area contributed by atoms with E-state index in [1.54, 1.807) is 12.1 Å². The molecule has 0 saturated heterocycles. The van der Waals surface area contributed by atoms with Crippen LogP contribution < -0.4 is 0 Å². The van der Waals surface area contributed by atoms with Gasteiger partial charge in [0.15, 0.2) is 0 Å². The Kier molecular flexibility index (Phi) is 4.01. The first-order chi connectivity index (χ1) is 26.5. The van der Waals surface area contributed by atoms with Gasteiger partial charge in [-0.15, -0.1) is 0 Å². The third kappa shape index (κ3) is 4.17. The minimum atomic E-state index is -0.461. The van der Waals surface area contributed by atoms with Gasteiger partial charge in [0.05, 0.1) is 13.7 Å². The third-order valence-electron chi connectivity index (χ3n) is 8.43. The molecule has 0 atom stereocenters. The molecule has 0 unspecified atom stereocenters. The highest BCUT2D eigenvalue weighted by atomic mass is 16.3. The first kappa shape index (κ1) is 17.4. The maximum Gasteiger partial charge on any atom is 0.136 e. The number of hydrogen-bond acceptors (Lipinski definition) is 1. The first-order valence-electron chi connectivity index (χ1n) is 19.6. The van der Waals surface area contributed by atoms with Crippen molar-refractivity contribution in [3.8, 4) is 44.5 Å². The van der Waals surface area contributed by atoms with E-state index in [9.17, 15) is 0 Å². The second-order valence-electron chi connectivity index (χ2n) is 10.9.